The molecule has 0 aromatic carbocycles. The van der Waals surface area contributed by atoms with E-state index >= 15 is 0 Å². The van der Waals surface area contributed by atoms with E-state index < -0.39 is 5.91 Å². The standard InChI is InChI=1S/C10H16N4O2/c11-8(15)5-6-13-10(12)14-9(16)7-3-1-2-4-7/h3H,1-2,4-6H2,(H2,11,15)(H3,12,13,14,16). The van der Waals surface area contributed by atoms with Crippen molar-refractivity contribution in [1.29, 1.82) is 0 Å². The van der Waals surface area contributed by atoms with Gasteiger partial charge in [-0.05, 0) is 19.3 Å². The molecule has 0 bridgehead atoms. The van der Waals surface area contributed by atoms with Crippen molar-refractivity contribution in [2.24, 2.45) is 16.5 Å². The number of nitrogens with two attached hydrogens (primary N) is 2. The van der Waals surface area contributed by atoms with Gasteiger partial charge in [0.15, 0.2) is 5.96 Å². The quantitative estimate of drug-likeness (QED) is 0.438. The predicted molar refractivity (Wildman–Crippen MR) is 60.4 cm³/mol. The molecule has 0 atom stereocenters. The number of amides is 2. The van der Waals surface area contributed by atoms with Crippen LogP contribution in [-0.4, -0.2) is 24.3 Å². The number of carbonyl (C=O) groups excluding carboxylic acids is 2. The molecular weight excluding hydrogens is 208 g/mol. The number of nitrogens with zero attached hydrogens (tertiary/aromatic N) is 1. The average molecular weight is 224 g/mol. The van der Waals surface area contributed by atoms with E-state index in [1.807, 2.05) is 6.08 Å². The Balaban J connectivity index is 2.35. The molecule has 88 valence electrons. The van der Waals surface area contributed by atoms with Gasteiger partial charge in [-0.15, -0.1) is 0 Å². The third-order valence-corrected chi connectivity index (χ3v) is 2.21. The third-order valence-electron chi connectivity index (χ3n) is 2.21. The molecule has 0 aliphatic heterocycles. The maximum absolute atomic E-state index is 11.5. The number of nitrogens with one attached hydrogen (secondary N) is 1. The van der Waals surface area contributed by atoms with E-state index in [-0.39, 0.29) is 24.8 Å². The molecule has 6 heteroatoms. The topological polar surface area (TPSA) is 111 Å². The Morgan fingerprint density at radius 3 is 2.75 bits per heavy atom. The summed E-state index contributed by atoms with van der Waals surface area (Å²) in [4.78, 5) is 25.8. The molecule has 0 saturated carbocycles. The van der Waals surface area contributed by atoms with Gasteiger partial charge in [-0.25, -0.2) is 0 Å². The van der Waals surface area contributed by atoms with Crippen LogP contribution in [0, 0.1) is 0 Å². The highest BCUT2D eigenvalue weighted by atomic mass is 16.2. The lowest BCUT2D eigenvalue weighted by atomic mass is 10.2. The van der Waals surface area contributed by atoms with Gasteiger partial charge < -0.3 is 11.5 Å². The van der Waals surface area contributed by atoms with Crippen molar-refractivity contribution in [3.05, 3.63) is 11.6 Å². The van der Waals surface area contributed by atoms with Crippen molar-refractivity contribution in [2.45, 2.75) is 25.7 Å². The summed E-state index contributed by atoms with van der Waals surface area (Å²) in [5.41, 5.74) is 11.1. The van der Waals surface area contributed by atoms with Gasteiger partial charge in [0.25, 0.3) is 5.91 Å². The first-order valence-electron chi connectivity index (χ1n) is 5.18. The summed E-state index contributed by atoms with van der Waals surface area (Å²) in [6.07, 6.45) is 4.73. The number of hydrogen-bond acceptors (Lipinski definition) is 3. The molecule has 0 spiro atoms. The number of aliphatic imine (C=N–C) groups is 1. The highest BCUT2D eigenvalue weighted by Gasteiger charge is 2.13. The summed E-state index contributed by atoms with van der Waals surface area (Å²) in [5, 5.41) is 2.46. The molecule has 0 aromatic rings. The molecular formula is C10H16N4O2. The van der Waals surface area contributed by atoms with E-state index in [0.717, 1.165) is 24.8 Å². The zero-order valence-corrected chi connectivity index (χ0v) is 9.03. The lowest BCUT2D eigenvalue weighted by molar-refractivity contribution is -0.118. The Hall–Kier alpha value is -1.85. The van der Waals surface area contributed by atoms with Crippen LogP contribution in [0.15, 0.2) is 16.6 Å². The van der Waals surface area contributed by atoms with Crippen LogP contribution < -0.4 is 16.8 Å². The van der Waals surface area contributed by atoms with Gasteiger partial charge in [0.1, 0.15) is 0 Å². The van der Waals surface area contributed by atoms with Crippen LogP contribution in [-0.2, 0) is 9.59 Å². The fourth-order valence-electron chi connectivity index (χ4n) is 1.40. The van der Waals surface area contributed by atoms with Crippen molar-refractivity contribution in [3.8, 4) is 0 Å². The summed E-state index contributed by atoms with van der Waals surface area (Å²) < 4.78 is 0. The molecule has 0 fully saturated rings. The fourth-order valence-corrected chi connectivity index (χ4v) is 1.40. The van der Waals surface area contributed by atoms with Gasteiger partial charge in [-0.1, -0.05) is 6.08 Å². The monoisotopic (exact) mass is 224 g/mol. The van der Waals surface area contributed by atoms with Gasteiger partial charge in [0, 0.05) is 12.0 Å². The normalized spacial score (nSPS) is 15.8. The Morgan fingerprint density at radius 1 is 1.44 bits per heavy atom. The van der Waals surface area contributed by atoms with E-state index in [1.165, 1.54) is 0 Å². The first-order valence-corrected chi connectivity index (χ1v) is 5.18. The molecule has 0 aromatic heterocycles. The van der Waals surface area contributed by atoms with Gasteiger partial charge >= 0.3 is 0 Å². The van der Waals surface area contributed by atoms with E-state index in [9.17, 15) is 9.59 Å². The highest BCUT2D eigenvalue weighted by Crippen LogP contribution is 2.16. The molecule has 5 N–H and O–H groups in total. The summed E-state index contributed by atoms with van der Waals surface area (Å²) in [6.45, 7) is 0.195. The number of carbonyl (C=O) groups is 2. The second-order valence-corrected chi connectivity index (χ2v) is 3.56. The van der Waals surface area contributed by atoms with Crippen molar-refractivity contribution < 1.29 is 9.59 Å². The van der Waals surface area contributed by atoms with Crippen LogP contribution in [0.4, 0.5) is 0 Å². The molecule has 0 radical (unpaired) electrons. The zero-order chi connectivity index (χ0) is 12.0. The Labute approximate surface area is 93.8 Å². The van der Waals surface area contributed by atoms with Crippen LogP contribution in [0.3, 0.4) is 0 Å². The van der Waals surface area contributed by atoms with Crippen LogP contribution >= 0.6 is 0 Å². The van der Waals surface area contributed by atoms with Gasteiger partial charge in [0.2, 0.25) is 5.91 Å². The van der Waals surface area contributed by atoms with E-state index in [0.29, 0.717) is 0 Å². The van der Waals surface area contributed by atoms with Gasteiger partial charge in [-0.2, -0.15) is 0 Å². The van der Waals surface area contributed by atoms with E-state index in [2.05, 4.69) is 10.3 Å². The number of allylic oxidation sites excluding steroid dienone is 1. The summed E-state index contributed by atoms with van der Waals surface area (Å²) in [7, 11) is 0. The second-order valence-electron chi connectivity index (χ2n) is 3.56. The number of guanidine groups is 1. The summed E-state index contributed by atoms with van der Waals surface area (Å²) in [6, 6.07) is 0. The Morgan fingerprint density at radius 2 is 2.19 bits per heavy atom. The average Bonchev–Trinajstić information content (AvgIpc) is 2.69. The lowest BCUT2D eigenvalue weighted by Crippen LogP contribution is -2.37. The Kier molecular flexibility index (Phi) is 4.50. The largest absolute Gasteiger partial charge is 0.370 e. The van der Waals surface area contributed by atoms with Crippen LogP contribution in [0.1, 0.15) is 25.7 Å². The third kappa shape index (κ3) is 4.12. The molecule has 2 amide bonds. The van der Waals surface area contributed by atoms with Crippen molar-refractivity contribution in [1.82, 2.24) is 5.32 Å². The molecule has 0 unspecified atom stereocenters. The SMILES string of the molecule is NC(=O)CCN=C(N)NC(=O)C1=CCCC1. The minimum Gasteiger partial charge on any atom is -0.370 e. The number of primary amides is 1. The predicted octanol–water partition coefficient (Wildman–Crippen LogP) is -0.597. The van der Waals surface area contributed by atoms with E-state index in [1.54, 1.807) is 0 Å². The van der Waals surface area contributed by atoms with Crippen LogP contribution in [0.5, 0.6) is 0 Å². The second kappa shape index (κ2) is 5.89. The summed E-state index contributed by atoms with van der Waals surface area (Å²) >= 11 is 0. The van der Waals surface area contributed by atoms with Crippen LogP contribution in [0.2, 0.25) is 0 Å². The minimum atomic E-state index is -0.443. The minimum absolute atomic E-state index is 0.0269. The molecule has 1 aliphatic carbocycles. The first-order chi connectivity index (χ1) is 7.59. The fraction of sp³-hybridized carbons (Fsp3) is 0.500. The van der Waals surface area contributed by atoms with Gasteiger partial charge in [-0.3, -0.25) is 19.9 Å². The first kappa shape index (κ1) is 12.2. The van der Waals surface area contributed by atoms with Gasteiger partial charge in [0.05, 0.1) is 6.54 Å². The number of hydrogen-bond donors (Lipinski definition) is 3. The zero-order valence-electron chi connectivity index (χ0n) is 9.03. The number of rotatable bonds is 4. The van der Waals surface area contributed by atoms with E-state index in [4.69, 9.17) is 11.5 Å². The highest BCUT2D eigenvalue weighted by molar-refractivity contribution is 6.05. The van der Waals surface area contributed by atoms with Crippen molar-refractivity contribution in [3.63, 3.8) is 0 Å². The molecule has 0 heterocycles. The lowest BCUT2D eigenvalue weighted by Gasteiger charge is -2.04. The van der Waals surface area contributed by atoms with Crippen molar-refractivity contribution in [2.75, 3.05) is 6.54 Å². The molecule has 0 saturated heterocycles. The molecule has 1 rings (SSSR count). The Bertz CT molecular complexity index is 347. The van der Waals surface area contributed by atoms with Crippen LogP contribution in [0.25, 0.3) is 0 Å². The maximum atomic E-state index is 11.5. The molecule has 1 aliphatic rings. The smallest absolute Gasteiger partial charge is 0.253 e. The van der Waals surface area contributed by atoms with Crippen molar-refractivity contribution >= 4 is 17.8 Å². The molecule has 16 heavy (non-hydrogen) atoms. The summed E-state index contributed by atoms with van der Waals surface area (Å²) in [5.74, 6) is -0.627. The molecule has 6 nitrogen and oxygen atoms in total. The maximum Gasteiger partial charge on any atom is 0.253 e.